The van der Waals surface area contributed by atoms with Crippen molar-refractivity contribution in [3.8, 4) is 0 Å². The van der Waals surface area contributed by atoms with E-state index in [1.807, 2.05) is 0 Å². The molecule has 1 aromatic rings. The molecule has 1 fully saturated rings. The van der Waals surface area contributed by atoms with E-state index in [1.165, 1.54) is 26.2 Å². The molecule has 0 atom stereocenters. The fourth-order valence-corrected chi connectivity index (χ4v) is 4.08. The Hall–Kier alpha value is -1.81. The second kappa shape index (κ2) is 7.20. The van der Waals surface area contributed by atoms with Crippen molar-refractivity contribution < 1.29 is 26.4 Å². The molecule has 1 aliphatic heterocycles. The molecular formula is C15H20F3N3O3S. The van der Waals surface area contributed by atoms with Crippen LogP contribution in [-0.4, -0.2) is 68.8 Å². The summed E-state index contributed by atoms with van der Waals surface area (Å²) in [6.45, 7) is 0.749. The summed E-state index contributed by atoms with van der Waals surface area (Å²) >= 11 is 0. The molecule has 140 valence electrons. The number of hydrogen-bond donors (Lipinski definition) is 0. The standard InChI is InChI=1S/C15H20F3N3O3S/c1-19(2)14(22)20-6-8-21(9-7-20)25(23,24)11-12-4-3-5-13(10-12)15(16,17)18/h3-5,10H,6-9,11H2,1-2H3. The molecule has 0 aromatic heterocycles. The van der Waals surface area contributed by atoms with Crippen LogP contribution in [0.15, 0.2) is 24.3 Å². The van der Waals surface area contributed by atoms with E-state index in [-0.39, 0.29) is 37.8 Å². The first-order valence-corrected chi connectivity index (χ1v) is 9.22. The van der Waals surface area contributed by atoms with Crippen molar-refractivity contribution in [3.05, 3.63) is 35.4 Å². The third kappa shape index (κ3) is 4.85. The molecule has 0 bridgehead atoms. The first-order chi connectivity index (χ1) is 11.5. The van der Waals surface area contributed by atoms with E-state index in [9.17, 15) is 26.4 Å². The van der Waals surface area contributed by atoms with Crippen LogP contribution in [0.4, 0.5) is 18.0 Å². The fourth-order valence-electron chi connectivity index (χ4n) is 2.58. The van der Waals surface area contributed by atoms with Crippen molar-refractivity contribution in [2.75, 3.05) is 40.3 Å². The van der Waals surface area contributed by atoms with Gasteiger partial charge in [0, 0.05) is 40.3 Å². The molecule has 2 rings (SSSR count). The van der Waals surface area contributed by atoms with Crippen LogP contribution in [0.2, 0.25) is 0 Å². The number of hydrogen-bond acceptors (Lipinski definition) is 3. The lowest BCUT2D eigenvalue weighted by Gasteiger charge is -2.35. The lowest BCUT2D eigenvalue weighted by molar-refractivity contribution is -0.137. The second-order valence-corrected chi connectivity index (χ2v) is 7.99. The van der Waals surface area contributed by atoms with E-state index in [4.69, 9.17) is 0 Å². The Morgan fingerprint density at radius 3 is 2.28 bits per heavy atom. The predicted octanol–water partition coefficient (Wildman–Crippen LogP) is 1.83. The Kier molecular flexibility index (Phi) is 5.62. The Labute approximate surface area is 144 Å². The summed E-state index contributed by atoms with van der Waals surface area (Å²) in [5.74, 6) is -0.501. The summed E-state index contributed by atoms with van der Waals surface area (Å²) in [7, 11) is -0.533. The molecule has 1 saturated heterocycles. The first-order valence-electron chi connectivity index (χ1n) is 7.61. The van der Waals surface area contributed by atoms with Crippen LogP contribution in [0.1, 0.15) is 11.1 Å². The van der Waals surface area contributed by atoms with Gasteiger partial charge in [-0.1, -0.05) is 18.2 Å². The van der Waals surface area contributed by atoms with Gasteiger partial charge in [-0.15, -0.1) is 0 Å². The molecule has 0 unspecified atom stereocenters. The van der Waals surface area contributed by atoms with Crippen LogP contribution in [-0.2, 0) is 22.0 Å². The summed E-state index contributed by atoms with van der Waals surface area (Å²) in [6.07, 6.45) is -4.52. The fraction of sp³-hybridized carbons (Fsp3) is 0.533. The van der Waals surface area contributed by atoms with Gasteiger partial charge in [-0.3, -0.25) is 0 Å². The predicted molar refractivity (Wildman–Crippen MR) is 86.3 cm³/mol. The summed E-state index contributed by atoms with van der Waals surface area (Å²) in [4.78, 5) is 14.8. The molecule has 0 saturated carbocycles. The topological polar surface area (TPSA) is 60.9 Å². The molecule has 0 N–H and O–H groups in total. The number of sulfonamides is 1. The van der Waals surface area contributed by atoms with Crippen molar-refractivity contribution in [1.82, 2.24) is 14.1 Å². The van der Waals surface area contributed by atoms with Gasteiger partial charge in [0.2, 0.25) is 10.0 Å². The van der Waals surface area contributed by atoms with Crippen molar-refractivity contribution in [3.63, 3.8) is 0 Å². The monoisotopic (exact) mass is 379 g/mol. The molecule has 1 aromatic carbocycles. The molecular weight excluding hydrogens is 359 g/mol. The second-order valence-electron chi connectivity index (χ2n) is 6.02. The number of carbonyl (C=O) groups excluding carboxylic acids is 1. The lowest BCUT2D eigenvalue weighted by Crippen LogP contribution is -2.52. The van der Waals surface area contributed by atoms with Gasteiger partial charge >= 0.3 is 12.2 Å². The zero-order valence-corrected chi connectivity index (χ0v) is 14.8. The Bertz CT molecular complexity index is 727. The number of carbonyl (C=O) groups is 1. The number of halogens is 3. The van der Waals surface area contributed by atoms with Gasteiger partial charge in [0.15, 0.2) is 0 Å². The molecule has 0 radical (unpaired) electrons. The van der Waals surface area contributed by atoms with Gasteiger partial charge in [0.25, 0.3) is 0 Å². The van der Waals surface area contributed by atoms with Gasteiger partial charge in [0.05, 0.1) is 11.3 Å². The number of benzene rings is 1. The van der Waals surface area contributed by atoms with E-state index >= 15 is 0 Å². The maximum Gasteiger partial charge on any atom is 0.416 e. The molecule has 0 spiro atoms. The van der Waals surface area contributed by atoms with E-state index in [1.54, 1.807) is 14.1 Å². The number of alkyl halides is 3. The maximum absolute atomic E-state index is 12.7. The third-order valence-corrected chi connectivity index (χ3v) is 5.74. The highest BCUT2D eigenvalue weighted by Gasteiger charge is 2.32. The zero-order valence-electron chi connectivity index (χ0n) is 14.0. The minimum atomic E-state index is -4.52. The Morgan fingerprint density at radius 1 is 1.16 bits per heavy atom. The quantitative estimate of drug-likeness (QED) is 0.805. The van der Waals surface area contributed by atoms with Crippen LogP contribution in [0.3, 0.4) is 0 Å². The molecule has 1 aliphatic rings. The molecule has 10 heteroatoms. The van der Waals surface area contributed by atoms with E-state index < -0.39 is 27.5 Å². The average molecular weight is 379 g/mol. The number of amides is 2. The van der Waals surface area contributed by atoms with E-state index in [0.717, 1.165) is 12.1 Å². The molecule has 25 heavy (non-hydrogen) atoms. The summed E-state index contributed by atoms with van der Waals surface area (Å²) in [6, 6.07) is 4.11. The SMILES string of the molecule is CN(C)C(=O)N1CCN(S(=O)(=O)Cc2cccc(C(F)(F)F)c2)CC1. The van der Waals surface area contributed by atoms with Gasteiger partial charge < -0.3 is 9.80 Å². The normalized spacial score (nSPS) is 16.8. The highest BCUT2D eigenvalue weighted by molar-refractivity contribution is 7.88. The highest BCUT2D eigenvalue weighted by atomic mass is 32.2. The van der Waals surface area contributed by atoms with Gasteiger partial charge in [0.1, 0.15) is 0 Å². The average Bonchev–Trinajstić information content (AvgIpc) is 2.53. The summed E-state index contributed by atoms with van der Waals surface area (Å²) in [5.41, 5.74) is -0.789. The number of urea groups is 1. The van der Waals surface area contributed by atoms with E-state index in [0.29, 0.717) is 0 Å². The largest absolute Gasteiger partial charge is 0.416 e. The molecule has 1 heterocycles. The Morgan fingerprint density at radius 2 is 1.76 bits per heavy atom. The smallest absolute Gasteiger partial charge is 0.331 e. The van der Waals surface area contributed by atoms with Crippen LogP contribution in [0.25, 0.3) is 0 Å². The van der Waals surface area contributed by atoms with Crippen molar-refractivity contribution in [1.29, 1.82) is 0 Å². The summed E-state index contributed by atoms with van der Waals surface area (Å²) < 4.78 is 64.3. The van der Waals surface area contributed by atoms with Crippen molar-refractivity contribution in [2.24, 2.45) is 0 Å². The maximum atomic E-state index is 12.7. The molecule has 2 amide bonds. The number of rotatable bonds is 3. The van der Waals surface area contributed by atoms with Crippen molar-refractivity contribution in [2.45, 2.75) is 11.9 Å². The highest BCUT2D eigenvalue weighted by Crippen LogP contribution is 2.30. The van der Waals surface area contributed by atoms with Gasteiger partial charge in [-0.25, -0.2) is 13.2 Å². The minimum Gasteiger partial charge on any atom is -0.331 e. The number of piperazine rings is 1. The van der Waals surface area contributed by atoms with Crippen LogP contribution in [0.5, 0.6) is 0 Å². The summed E-state index contributed by atoms with van der Waals surface area (Å²) in [5, 5.41) is 0. The van der Waals surface area contributed by atoms with Crippen LogP contribution in [0, 0.1) is 0 Å². The first kappa shape index (κ1) is 19.5. The van der Waals surface area contributed by atoms with Gasteiger partial charge in [-0.2, -0.15) is 17.5 Å². The Balaban J connectivity index is 2.05. The van der Waals surface area contributed by atoms with Crippen molar-refractivity contribution >= 4 is 16.1 Å². The zero-order chi connectivity index (χ0) is 18.8. The minimum absolute atomic E-state index is 0.0848. The lowest BCUT2D eigenvalue weighted by atomic mass is 10.1. The van der Waals surface area contributed by atoms with Gasteiger partial charge in [-0.05, 0) is 11.6 Å². The number of nitrogens with zero attached hydrogens (tertiary/aromatic N) is 3. The van der Waals surface area contributed by atoms with E-state index in [2.05, 4.69) is 0 Å². The van der Waals surface area contributed by atoms with Crippen LogP contribution < -0.4 is 0 Å². The molecule has 0 aliphatic carbocycles. The third-order valence-electron chi connectivity index (χ3n) is 3.89. The molecule has 6 nitrogen and oxygen atoms in total. The van der Waals surface area contributed by atoms with Crippen LogP contribution >= 0.6 is 0 Å².